The summed E-state index contributed by atoms with van der Waals surface area (Å²) in [4.78, 5) is 21.5. The molecule has 3 aromatic rings. The number of aromatic nitrogens is 2. The van der Waals surface area contributed by atoms with Gasteiger partial charge in [-0.15, -0.1) is 0 Å². The molecule has 1 aliphatic heterocycles. The fraction of sp³-hybridized carbons (Fsp3) is 0.167. The van der Waals surface area contributed by atoms with Gasteiger partial charge in [-0.1, -0.05) is 6.07 Å². The number of fused-ring (bicyclic) bond motifs is 3. The number of amides is 1. The number of halogens is 2. The van der Waals surface area contributed by atoms with E-state index in [1.54, 1.807) is 18.3 Å². The molecule has 0 bridgehead atoms. The molecule has 0 fully saturated rings. The summed E-state index contributed by atoms with van der Waals surface area (Å²) in [6.45, 7) is 1.54. The average Bonchev–Trinajstić information content (AvgIpc) is 2.93. The molecular formula is C18H14F2N4O3S. The molecule has 0 radical (unpaired) electrons. The molecule has 10 heteroatoms. The summed E-state index contributed by atoms with van der Waals surface area (Å²) in [6, 6.07) is 5.54. The number of carbonyl (C=O) groups excluding carboxylic acids is 1. The third kappa shape index (κ3) is 2.90. The van der Waals surface area contributed by atoms with Crippen molar-refractivity contribution in [1.29, 1.82) is 0 Å². The number of carbonyl (C=O) groups is 1. The molecule has 7 nitrogen and oxygen atoms in total. The van der Waals surface area contributed by atoms with Gasteiger partial charge in [-0.05, 0) is 25.1 Å². The minimum Gasteiger partial charge on any atom is -0.307 e. The van der Waals surface area contributed by atoms with Gasteiger partial charge in [0.2, 0.25) is 15.9 Å². The molecule has 0 aliphatic carbocycles. The number of sulfonamides is 1. The number of rotatable bonds is 3. The Labute approximate surface area is 158 Å². The number of anilines is 1. The molecule has 28 heavy (non-hydrogen) atoms. The van der Waals surface area contributed by atoms with E-state index >= 15 is 0 Å². The summed E-state index contributed by atoms with van der Waals surface area (Å²) < 4.78 is 51.3. The summed E-state index contributed by atoms with van der Waals surface area (Å²) in [7, 11) is -4.40. The number of nitrogens with zero attached hydrogens (tertiary/aromatic N) is 3. The molecule has 4 rings (SSSR count). The Bertz CT molecular complexity index is 1260. The fourth-order valence-electron chi connectivity index (χ4n) is 3.28. The van der Waals surface area contributed by atoms with Gasteiger partial charge < -0.3 is 4.90 Å². The monoisotopic (exact) mass is 404 g/mol. The Morgan fingerprint density at radius 2 is 1.93 bits per heavy atom. The number of nitrogens with two attached hydrogens (primary N) is 1. The highest BCUT2D eigenvalue weighted by molar-refractivity contribution is 7.89. The lowest BCUT2D eigenvalue weighted by molar-refractivity contribution is -0.117. The first-order valence-electron chi connectivity index (χ1n) is 8.22. The first-order valence-corrected chi connectivity index (χ1v) is 9.76. The van der Waals surface area contributed by atoms with E-state index in [1.807, 2.05) is 6.92 Å². The lowest BCUT2D eigenvalue weighted by Crippen LogP contribution is -2.27. The normalized spacial score (nSPS) is 14.0. The summed E-state index contributed by atoms with van der Waals surface area (Å²) in [6.07, 6.45) is 1.62. The van der Waals surface area contributed by atoms with Crippen molar-refractivity contribution >= 4 is 32.7 Å². The summed E-state index contributed by atoms with van der Waals surface area (Å²) in [5, 5.41) is 5.51. The number of pyridine rings is 2. The van der Waals surface area contributed by atoms with Crippen LogP contribution in [0.5, 0.6) is 0 Å². The van der Waals surface area contributed by atoms with Crippen LogP contribution in [0.2, 0.25) is 0 Å². The van der Waals surface area contributed by atoms with Gasteiger partial charge in [0.25, 0.3) is 0 Å². The fourth-order valence-corrected chi connectivity index (χ4v) is 3.88. The van der Waals surface area contributed by atoms with E-state index in [-0.39, 0.29) is 24.4 Å². The van der Waals surface area contributed by atoms with E-state index in [0.717, 1.165) is 17.8 Å². The molecule has 2 N–H and O–H groups in total. The van der Waals surface area contributed by atoms with Crippen LogP contribution in [0.4, 0.5) is 14.5 Å². The molecule has 1 amide bonds. The summed E-state index contributed by atoms with van der Waals surface area (Å²) in [5.41, 5.74) is 2.22. The van der Waals surface area contributed by atoms with Gasteiger partial charge in [-0.2, -0.15) is 0 Å². The lowest BCUT2D eigenvalue weighted by Gasteiger charge is -2.20. The number of primary sulfonamides is 1. The third-order valence-corrected chi connectivity index (χ3v) is 5.52. The van der Waals surface area contributed by atoms with Crippen LogP contribution < -0.4 is 10.0 Å². The Morgan fingerprint density at radius 3 is 2.64 bits per heavy atom. The molecule has 1 aliphatic rings. The first kappa shape index (κ1) is 18.4. The Morgan fingerprint density at radius 1 is 1.18 bits per heavy atom. The maximum absolute atomic E-state index is 14.5. The maximum atomic E-state index is 14.5. The van der Waals surface area contributed by atoms with E-state index in [2.05, 4.69) is 9.97 Å². The van der Waals surface area contributed by atoms with Crippen molar-refractivity contribution in [2.24, 2.45) is 5.14 Å². The Kier molecular flexibility index (Phi) is 4.12. The molecule has 0 saturated carbocycles. The zero-order valence-electron chi connectivity index (χ0n) is 14.6. The highest BCUT2D eigenvalue weighted by atomic mass is 32.2. The zero-order valence-corrected chi connectivity index (χ0v) is 15.4. The smallest absolute Gasteiger partial charge is 0.241 e. The van der Waals surface area contributed by atoms with Crippen LogP contribution in [0.15, 0.2) is 35.4 Å². The van der Waals surface area contributed by atoms with Crippen molar-refractivity contribution in [3.63, 3.8) is 0 Å². The highest BCUT2D eigenvalue weighted by Gasteiger charge is 2.31. The van der Waals surface area contributed by atoms with Gasteiger partial charge in [0.15, 0.2) is 17.3 Å². The van der Waals surface area contributed by atoms with E-state index in [0.29, 0.717) is 22.3 Å². The number of aryl methyl sites for hydroxylation is 1. The van der Waals surface area contributed by atoms with E-state index in [1.165, 1.54) is 4.90 Å². The minimum atomic E-state index is -4.40. The van der Waals surface area contributed by atoms with Crippen LogP contribution in [0, 0.1) is 18.6 Å². The molecular weight excluding hydrogens is 390 g/mol. The van der Waals surface area contributed by atoms with E-state index in [4.69, 9.17) is 5.14 Å². The first-order chi connectivity index (χ1) is 13.2. The predicted molar refractivity (Wildman–Crippen MR) is 96.9 cm³/mol. The van der Waals surface area contributed by atoms with Gasteiger partial charge in [0.05, 0.1) is 18.7 Å². The Hall–Kier alpha value is -2.98. The molecule has 144 valence electrons. The van der Waals surface area contributed by atoms with Crippen LogP contribution in [0.3, 0.4) is 0 Å². The average molecular weight is 404 g/mol. The van der Waals surface area contributed by atoms with E-state index in [9.17, 15) is 22.0 Å². The van der Waals surface area contributed by atoms with Crippen molar-refractivity contribution in [3.05, 3.63) is 58.9 Å². The number of hydrogen-bond donors (Lipinski definition) is 1. The van der Waals surface area contributed by atoms with Crippen molar-refractivity contribution < 1.29 is 22.0 Å². The molecule has 3 heterocycles. The largest absolute Gasteiger partial charge is 0.307 e. The van der Waals surface area contributed by atoms with Crippen LogP contribution in [0.1, 0.15) is 16.8 Å². The van der Waals surface area contributed by atoms with Crippen LogP contribution in [0.25, 0.3) is 11.0 Å². The molecule has 0 unspecified atom stereocenters. The van der Waals surface area contributed by atoms with Gasteiger partial charge >= 0.3 is 0 Å². The van der Waals surface area contributed by atoms with Gasteiger partial charge in [0, 0.05) is 28.4 Å². The summed E-state index contributed by atoms with van der Waals surface area (Å²) >= 11 is 0. The SMILES string of the molecule is Cc1ccc2c3c(cnc2n1)CC(=O)N3Cc1ccc(S(N)(=O)=O)c(F)c1F. The molecule has 1 aromatic carbocycles. The van der Waals surface area contributed by atoms with Gasteiger partial charge in [-0.25, -0.2) is 32.3 Å². The molecule has 0 atom stereocenters. The number of hydrogen-bond acceptors (Lipinski definition) is 5. The van der Waals surface area contributed by atoms with Gasteiger partial charge in [0.1, 0.15) is 4.90 Å². The van der Waals surface area contributed by atoms with Crippen molar-refractivity contribution in [2.45, 2.75) is 24.8 Å². The maximum Gasteiger partial charge on any atom is 0.241 e. The number of benzene rings is 1. The molecule has 2 aromatic heterocycles. The van der Waals surface area contributed by atoms with Crippen molar-refractivity contribution in [1.82, 2.24) is 9.97 Å². The second kappa shape index (κ2) is 6.28. The standard InChI is InChI=1S/C18H14F2N4O3S/c1-9-2-4-12-17-11(7-22-18(12)23-9)6-14(25)24(17)8-10-3-5-13(28(21,26)27)16(20)15(10)19/h2-5,7H,6,8H2,1H3,(H2,21,26,27). The van der Waals surface area contributed by atoms with Crippen molar-refractivity contribution in [2.75, 3.05) is 4.90 Å². The summed E-state index contributed by atoms with van der Waals surface area (Å²) in [5.74, 6) is -3.23. The Balaban J connectivity index is 1.81. The molecule has 0 spiro atoms. The van der Waals surface area contributed by atoms with E-state index < -0.39 is 26.6 Å². The lowest BCUT2D eigenvalue weighted by atomic mass is 10.1. The molecule has 0 saturated heterocycles. The minimum absolute atomic E-state index is 0.0749. The second-order valence-electron chi connectivity index (χ2n) is 6.51. The van der Waals surface area contributed by atoms with Crippen LogP contribution >= 0.6 is 0 Å². The third-order valence-electron chi connectivity index (χ3n) is 4.59. The van der Waals surface area contributed by atoms with Crippen LogP contribution in [-0.4, -0.2) is 24.3 Å². The highest BCUT2D eigenvalue weighted by Crippen LogP contribution is 2.36. The quantitative estimate of drug-likeness (QED) is 0.718. The predicted octanol–water partition coefficient (Wildman–Crippen LogP) is 1.95. The van der Waals surface area contributed by atoms with Gasteiger partial charge in [-0.3, -0.25) is 4.79 Å². The van der Waals surface area contributed by atoms with Crippen LogP contribution in [-0.2, 0) is 27.8 Å². The second-order valence-corrected chi connectivity index (χ2v) is 8.04. The van der Waals surface area contributed by atoms with Crippen molar-refractivity contribution in [3.8, 4) is 0 Å². The topological polar surface area (TPSA) is 106 Å². The zero-order chi connectivity index (χ0) is 20.2.